The van der Waals surface area contributed by atoms with Crippen LogP contribution in [0.3, 0.4) is 0 Å². The molecule has 0 radical (unpaired) electrons. The van der Waals surface area contributed by atoms with Gasteiger partial charge in [0.15, 0.2) is 11.6 Å². The Labute approximate surface area is 113 Å². The second-order valence-corrected chi connectivity index (χ2v) is 4.34. The summed E-state index contributed by atoms with van der Waals surface area (Å²) < 4.78 is 18.6. The molecule has 0 aliphatic carbocycles. The maximum Gasteiger partial charge on any atom is 0.222 e. The van der Waals surface area contributed by atoms with Gasteiger partial charge in [0, 0.05) is 13.5 Å². The van der Waals surface area contributed by atoms with Gasteiger partial charge in [-0.1, -0.05) is 12.1 Å². The Balaban J connectivity index is 2.25. The average molecular weight is 268 g/mol. The zero-order valence-corrected chi connectivity index (χ0v) is 11.3. The Kier molecular flexibility index (Phi) is 6.89. The Hall–Kier alpha value is -1.62. The molecular weight excluding hydrogens is 247 g/mol. The van der Waals surface area contributed by atoms with Crippen molar-refractivity contribution in [2.24, 2.45) is 5.73 Å². The van der Waals surface area contributed by atoms with E-state index < -0.39 is 0 Å². The summed E-state index contributed by atoms with van der Waals surface area (Å²) in [5, 5.41) is 0. The number of ether oxygens (including phenoxy) is 1. The molecule has 1 aromatic carbocycles. The van der Waals surface area contributed by atoms with E-state index in [-0.39, 0.29) is 24.1 Å². The predicted octanol–water partition coefficient (Wildman–Crippen LogP) is 1.79. The Morgan fingerprint density at radius 1 is 1.37 bits per heavy atom. The first-order valence-corrected chi connectivity index (χ1v) is 6.46. The van der Waals surface area contributed by atoms with E-state index in [4.69, 9.17) is 10.5 Å². The number of nitrogens with two attached hydrogens (primary N) is 1. The lowest BCUT2D eigenvalue weighted by atomic mass is 10.2. The molecule has 1 aromatic rings. The third-order valence-electron chi connectivity index (χ3n) is 2.79. The number of likely N-dealkylation sites (N-methyl/N-ethyl adjacent to an activating group) is 1. The number of benzene rings is 1. The van der Waals surface area contributed by atoms with Crippen LogP contribution < -0.4 is 10.5 Å². The van der Waals surface area contributed by atoms with Crippen LogP contribution in [0.15, 0.2) is 24.3 Å². The van der Waals surface area contributed by atoms with Crippen molar-refractivity contribution in [3.63, 3.8) is 0 Å². The molecule has 0 spiro atoms. The monoisotopic (exact) mass is 268 g/mol. The smallest absolute Gasteiger partial charge is 0.222 e. The molecule has 5 heteroatoms. The van der Waals surface area contributed by atoms with Gasteiger partial charge in [0.2, 0.25) is 5.91 Å². The van der Waals surface area contributed by atoms with Crippen LogP contribution in [0.2, 0.25) is 0 Å². The van der Waals surface area contributed by atoms with Crippen LogP contribution in [0.4, 0.5) is 4.39 Å². The number of rotatable bonds is 8. The summed E-state index contributed by atoms with van der Waals surface area (Å²) in [6.07, 6.45) is 2.15. The van der Waals surface area contributed by atoms with Crippen LogP contribution in [0, 0.1) is 5.82 Å². The Morgan fingerprint density at radius 3 is 2.79 bits per heavy atom. The van der Waals surface area contributed by atoms with Crippen molar-refractivity contribution in [3.05, 3.63) is 30.1 Å². The van der Waals surface area contributed by atoms with E-state index in [9.17, 15) is 9.18 Å². The van der Waals surface area contributed by atoms with Gasteiger partial charge in [0.05, 0.1) is 6.54 Å². The molecule has 0 aromatic heterocycles. The Bertz CT molecular complexity index is 399. The first kappa shape index (κ1) is 15.4. The van der Waals surface area contributed by atoms with E-state index >= 15 is 0 Å². The van der Waals surface area contributed by atoms with E-state index in [0.29, 0.717) is 19.5 Å². The summed E-state index contributed by atoms with van der Waals surface area (Å²) in [5.74, 6) is -0.114. The van der Waals surface area contributed by atoms with Gasteiger partial charge in [-0.15, -0.1) is 0 Å². The molecular formula is C14H21FN2O2. The highest BCUT2D eigenvalue weighted by Gasteiger charge is 2.08. The van der Waals surface area contributed by atoms with Crippen molar-refractivity contribution in [1.29, 1.82) is 0 Å². The minimum absolute atomic E-state index is 0.0607. The van der Waals surface area contributed by atoms with Gasteiger partial charge in [0.1, 0.15) is 6.61 Å². The van der Waals surface area contributed by atoms with Gasteiger partial charge < -0.3 is 15.4 Å². The SMILES string of the molecule is CN(CCOc1ccccc1F)C(=O)CCCCN. The number of unbranched alkanes of at least 4 members (excludes halogenated alkanes) is 1. The predicted molar refractivity (Wildman–Crippen MR) is 72.4 cm³/mol. The van der Waals surface area contributed by atoms with Crippen molar-refractivity contribution >= 4 is 5.91 Å². The van der Waals surface area contributed by atoms with Crippen molar-refractivity contribution in [2.45, 2.75) is 19.3 Å². The molecule has 106 valence electrons. The lowest BCUT2D eigenvalue weighted by Gasteiger charge is -2.17. The molecule has 2 N–H and O–H groups in total. The summed E-state index contributed by atoms with van der Waals surface area (Å²) in [6.45, 7) is 1.32. The summed E-state index contributed by atoms with van der Waals surface area (Å²) >= 11 is 0. The number of amides is 1. The van der Waals surface area contributed by atoms with Gasteiger partial charge in [-0.2, -0.15) is 0 Å². The van der Waals surface area contributed by atoms with Crippen LogP contribution in [0.25, 0.3) is 0 Å². The highest BCUT2D eigenvalue weighted by atomic mass is 19.1. The van der Waals surface area contributed by atoms with Gasteiger partial charge >= 0.3 is 0 Å². The van der Waals surface area contributed by atoms with E-state index in [0.717, 1.165) is 12.8 Å². The van der Waals surface area contributed by atoms with Crippen molar-refractivity contribution < 1.29 is 13.9 Å². The number of halogens is 1. The van der Waals surface area contributed by atoms with Crippen LogP contribution in [0.5, 0.6) is 5.75 Å². The molecule has 1 rings (SSSR count). The number of hydrogen-bond donors (Lipinski definition) is 1. The fourth-order valence-electron chi connectivity index (χ4n) is 1.59. The van der Waals surface area contributed by atoms with Crippen LogP contribution in [0.1, 0.15) is 19.3 Å². The molecule has 0 bridgehead atoms. The van der Waals surface area contributed by atoms with Gasteiger partial charge in [-0.3, -0.25) is 4.79 Å². The molecule has 19 heavy (non-hydrogen) atoms. The lowest BCUT2D eigenvalue weighted by molar-refractivity contribution is -0.130. The maximum atomic E-state index is 13.3. The minimum Gasteiger partial charge on any atom is -0.489 e. The van der Waals surface area contributed by atoms with Crippen LogP contribution in [-0.4, -0.2) is 37.6 Å². The molecule has 0 saturated carbocycles. The van der Waals surface area contributed by atoms with Crippen molar-refractivity contribution in [1.82, 2.24) is 4.90 Å². The Morgan fingerprint density at radius 2 is 2.11 bits per heavy atom. The lowest BCUT2D eigenvalue weighted by Crippen LogP contribution is -2.30. The number of carbonyl (C=O) groups is 1. The zero-order valence-electron chi connectivity index (χ0n) is 11.3. The second kappa shape index (κ2) is 8.48. The molecule has 1 amide bonds. The summed E-state index contributed by atoms with van der Waals surface area (Å²) in [5.41, 5.74) is 5.37. The summed E-state index contributed by atoms with van der Waals surface area (Å²) in [6, 6.07) is 6.23. The molecule has 0 aliphatic heterocycles. The number of para-hydroxylation sites is 1. The van der Waals surface area contributed by atoms with Crippen molar-refractivity contribution in [2.75, 3.05) is 26.7 Å². The number of nitrogens with zero attached hydrogens (tertiary/aromatic N) is 1. The first-order chi connectivity index (χ1) is 9.15. The van der Waals surface area contributed by atoms with Crippen LogP contribution in [-0.2, 0) is 4.79 Å². The fourth-order valence-corrected chi connectivity index (χ4v) is 1.59. The molecule has 0 fully saturated rings. The summed E-state index contributed by atoms with van der Waals surface area (Å²) in [4.78, 5) is 13.3. The van der Waals surface area contributed by atoms with E-state index in [1.807, 2.05) is 0 Å². The van der Waals surface area contributed by atoms with Gasteiger partial charge in [-0.05, 0) is 31.5 Å². The topological polar surface area (TPSA) is 55.6 Å². The molecule has 0 heterocycles. The van der Waals surface area contributed by atoms with E-state index in [2.05, 4.69) is 0 Å². The first-order valence-electron chi connectivity index (χ1n) is 6.46. The number of carbonyl (C=O) groups excluding carboxylic acids is 1. The van der Waals surface area contributed by atoms with Crippen LogP contribution >= 0.6 is 0 Å². The summed E-state index contributed by atoms with van der Waals surface area (Å²) in [7, 11) is 1.72. The van der Waals surface area contributed by atoms with E-state index in [1.54, 1.807) is 30.1 Å². The maximum absolute atomic E-state index is 13.3. The number of hydrogen-bond acceptors (Lipinski definition) is 3. The largest absolute Gasteiger partial charge is 0.489 e. The molecule has 0 saturated heterocycles. The third kappa shape index (κ3) is 5.70. The highest BCUT2D eigenvalue weighted by Crippen LogP contribution is 2.15. The highest BCUT2D eigenvalue weighted by molar-refractivity contribution is 5.75. The molecule has 0 unspecified atom stereocenters. The average Bonchev–Trinajstić information content (AvgIpc) is 2.41. The second-order valence-electron chi connectivity index (χ2n) is 4.34. The van der Waals surface area contributed by atoms with Gasteiger partial charge in [-0.25, -0.2) is 4.39 Å². The standard InChI is InChI=1S/C14H21FN2O2/c1-17(14(18)8-4-5-9-16)10-11-19-13-7-3-2-6-12(13)15/h2-3,6-7H,4-5,8-11,16H2,1H3. The minimum atomic E-state index is -0.389. The molecule has 0 atom stereocenters. The molecule has 4 nitrogen and oxygen atoms in total. The quantitative estimate of drug-likeness (QED) is 0.731. The fraction of sp³-hybridized carbons (Fsp3) is 0.500. The van der Waals surface area contributed by atoms with Crippen molar-refractivity contribution in [3.8, 4) is 5.75 Å². The van der Waals surface area contributed by atoms with Gasteiger partial charge in [0.25, 0.3) is 0 Å². The normalized spacial score (nSPS) is 10.3. The van der Waals surface area contributed by atoms with E-state index in [1.165, 1.54) is 6.07 Å². The molecule has 0 aliphatic rings. The zero-order chi connectivity index (χ0) is 14.1. The third-order valence-corrected chi connectivity index (χ3v) is 2.79.